The molecule has 5 heteroatoms. The molecule has 25 heavy (non-hydrogen) atoms. The number of hydrogen-bond donors (Lipinski definition) is 1. The van der Waals surface area contributed by atoms with Crippen molar-refractivity contribution in [2.75, 3.05) is 7.11 Å². The van der Waals surface area contributed by atoms with E-state index in [0.717, 1.165) is 29.8 Å². The molecule has 1 aliphatic heterocycles. The van der Waals surface area contributed by atoms with Crippen molar-refractivity contribution in [1.82, 2.24) is 10.3 Å². The molecule has 2 aromatic rings. The van der Waals surface area contributed by atoms with Crippen LogP contribution in [-0.2, 0) is 21.5 Å². The minimum absolute atomic E-state index is 0.342. The van der Waals surface area contributed by atoms with Gasteiger partial charge in [-0.2, -0.15) is 0 Å². The molecule has 5 nitrogen and oxygen atoms in total. The number of amidine groups is 1. The average Bonchev–Trinajstić information content (AvgIpc) is 3.00. The van der Waals surface area contributed by atoms with Crippen molar-refractivity contribution in [3.8, 4) is 0 Å². The molecule has 2 heterocycles. The number of pyridine rings is 1. The fraction of sp³-hybridized carbons (Fsp3) is 0.250. The van der Waals surface area contributed by atoms with Crippen LogP contribution in [0.5, 0.6) is 0 Å². The number of nitrogens with zero attached hydrogens (tertiary/aromatic N) is 2. The van der Waals surface area contributed by atoms with Crippen LogP contribution in [0.1, 0.15) is 30.2 Å². The first-order chi connectivity index (χ1) is 12.2. The number of carbonyl (C=O) groups excluding carboxylic acids is 1. The highest BCUT2D eigenvalue weighted by Crippen LogP contribution is 2.48. The average molecular weight is 333 g/mol. The van der Waals surface area contributed by atoms with Gasteiger partial charge in [-0.3, -0.25) is 4.98 Å². The van der Waals surface area contributed by atoms with Gasteiger partial charge in [-0.1, -0.05) is 30.3 Å². The summed E-state index contributed by atoms with van der Waals surface area (Å²) in [5.74, 6) is 0.341. The Bertz CT molecular complexity index is 902. The smallest absolute Gasteiger partial charge is 0.338 e. The van der Waals surface area contributed by atoms with Gasteiger partial charge in [0.1, 0.15) is 11.2 Å². The van der Waals surface area contributed by atoms with Crippen molar-refractivity contribution in [2.45, 2.75) is 25.3 Å². The Balaban J connectivity index is 1.94. The number of fused-ring (bicyclic) bond motifs is 2. The maximum absolute atomic E-state index is 12.6. The molecule has 1 unspecified atom stereocenters. The summed E-state index contributed by atoms with van der Waals surface area (Å²) in [6, 6.07) is 13.9. The van der Waals surface area contributed by atoms with E-state index in [9.17, 15) is 4.79 Å². The fourth-order valence-electron chi connectivity index (χ4n) is 3.84. The Kier molecular flexibility index (Phi) is 3.64. The molecule has 0 radical (unpaired) electrons. The van der Waals surface area contributed by atoms with E-state index in [1.165, 1.54) is 12.7 Å². The van der Waals surface area contributed by atoms with Crippen LogP contribution in [0.15, 0.2) is 64.9 Å². The van der Waals surface area contributed by atoms with Crippen molar-refractivity contribution in [3.63, 3.8) is 0 Å². The summed E-state index contributed by atoms with van der Waals surface area (Å²) in [6.45, 7) is 1.90. The zero-order valence-corrected chi connectivity index (χ0v) is 14.2. The van der Waals surface area contributed by atoms with E-state index in [-0.39, 0.29) is 5.97 Å². The lowest BCUT2D eigenvalue weighted by atomic mass is 9.82. The molecule has 4 rings (SSSR count). The third kappa shape index (κ3) is 2.35. The molecule has 126 valence electrons. The largest absolute Gasteiger partial charge is 0.466 e. The molecule has 0 saturated carbocycles. The lowest BCUT2D eigenvalue weighted by Gasteiger charge is -2.34. The number of esters is 1. The number of carbonyl (C=O) groups is 1. The lowest BCUT2D eigenvalue weighted by Crippen LogP contribution is -2.41. The Hall–Kier alpha value is -2.95. The first kappa shape index (κ1) is 15.6. The van der Waals surface area contributed by atoms with Gasteiger partial charge in [-0.15, -0.1) is 0 Å². The number of methoxy groups -OCH3 is 1. The second-order valence-electron chi connectivity index (χ2n) is 6.31. The third-order valence-electron chi connectivity index (χ3n) is 4.91. The molecule has 2 aliphatic rings. The van der Waals surface area contributed by atoms with Crippen LogP contribution < -0.4 is 5.32 Å². The van der Waals surface area contributed by atoms with E-state index in [2.05, 4.69) is 22.4 Å². The summed E-state index contributed by atoms with van der Waals surface area (Å²) >= 11 is 0. The van der Waals surface area contributed by atoms with Gasteiger partial charge >= 0.3 is 5.97 Å². The number of aliphatic imine (C=N–C) groups is 1. The van der Waals surface area contributed by atoms with Gasteiger partial charge in [0, 0.05) is 11.9 Å². The Morgan fingerprint density at radius 2 is 2.00 bits per heavy atom. The maximum atomic E-state index is 12.6. The van der Waals surface area contributed by atoms with Crippen LogP contribution >= 0.6 is 0 Å². The van der Waals surface area contributed by atoms with Gasteiger partial charge in [0.05, 0.1) is 12.7 Å². The van der Waals surface area contributed by atoms with Gasteiger partial charge in [0.15, 0.2) is 5.84 Å². The number of aromatic nitrogens is 1. The summed E-state index contributed by atoms with van der Waals surface area (Å²) in [5.41, 5.74) is 3.69. The van der Waals surface area contributed by atoms with E-state index < -0.39 is 5.54 Å². The minimum Gasteiger partial charge on any atom is -0.466 e. The predicted octanol–water partition coefficient (Wildman–Crippen LogP) is 2.72. The molecule has 0 saturated heterocycles. The molecule has 0 amide bonds. The zero-order chi connectivity index (χ0) is 17.4. The molecule has 1 atom stereocenters. The van der Waals surface area contributed by atoms with E-state index in [0.29, 0.717) is 11.4 Å². The van der Waals surface area contributed by atoms with Gasteiger partial charge in [0.25, 0.3) is 0 Å². The normalized spacial score (nSPS) is 21.6. The lowest BCUT2D eigenvalue weighted by molar-refractivity contribution is -0.137. The minimum atomic E-state index is -0.716. The Morgan fingerprint density at radius 3 is 2.76 bits per heavy atom. The number of allylic oxidation sites excluding steroid dienone is 1. The first-order valence-electron chi connectivity index (χ1n) is 8.32. The number of nitrogens with one attached hydrogen (secondary N) is 1. The summed E-state index contributed by atoms with van der Waals surface area (Å²) in [7, 11) is 1.41. The zero-order valence-electron chi connectivity index (χ0n) is 14.2. The maximum Gasteiger partial charge on any atom is 0.338 e. The third-order valence-corrected chi connectivity index (χ3v) is 4.91. The predicted molar refractivity (Wildman–Crippen MR) is 95.1 cm³/mol. The van der Waals surface area contributed by atoms with E-state index in [1.54, 1.807) is 6.20 Å². The van der Waals surface area contributed by atoms with Crippen molar-refractivity contribution in [3.05, 3.63) is 76.8 Å². The van der Waals surface area contributed by atoms with Crippen LogP contribution in [-0.4, -0.2) is 23.9 Å². The molecule has 1 N–H and O–H groups in total. The Labute approximate surface area is 146 Å². The van der Waals surface area contributed by atoms with Gasteiger partial charge < -0.3 is 10.1 Å². The molecule has 0 bridgehead atoms. The fourth-order valence-corrected chi connectivity index (χ4v) is 3.84. The van der Waals surface area contributed by atoms with Crippen molar-refractivity contribution in [2.24, 2.45) is 4.99 Å². The van der Waals surface area contributed by atoms with Crippen LogP contribution in [0.3, 0.4) is 0 Å². The standard InChI is InChI=1S/C20H19N3O2/c1-13-17(19(24)25-2)20(11-10-14-7-3-4-8-15(14)20)23-18(22-13)16-9-5-6-12-21-16/h3-9,12H,10-11H2,1-2H3,(H,22,23). The summed E-state index contributed by atoms with van der Waals surface area (Å²) in [5, 5.41) is 3.25. The van der Waals surface area contributed by atoms with Gasteiger partial charge in [-0.25, -0.2) is 9.79 Å². The second kappa shape index (κ2) is 5.84. The van der Waals surface area contributed by atoms with Gasteiger partial charge in [0.2, 0.25) is 0 Å². The number of benzene rings is 1. The quantitative estimate of drug-likeness (QED) is 0.858. The highest BCUT2D eigenvalue weighted by molar-refractivity contribution is 6.03. The summed E-state index contributed by atoms with van der Waals surface area (Å²) in [6.07, 6.45) is 3.36. The van der Waals surface area contributed by atoms with E-state index in [1.807, 2.05) is 37.3 Å². The van der Waals surface area contributed by atoms with E-state index >= 15 is 0 Å². The molecule has 1 aliphatic carbocycles. The molecule has 1 spiro atoms. The summed E-state index contributed by atoms with van der Waals surface area (Å²) in [4.78, 5) is 22.0. The molecular weight excluding hydrogens is 314 g/mol. The molecular formula is C20H19N3O2. The van der Waals surface area contributed by atoms with Crippen LogP contribution in [0.25, 0.3) is 0 Å². The monoisotopic (exact) mass is 333 g/mol. The summed E-state index contributed by atoms with van der Waals surface area (Å²) < 4.78 is 5.08. The SMILES string of the molecule is COC(=O)C1=C(C)NC(c2ccccn2)=NC12CCc1ccccc12. The van der Waals surface area contributed by atoms with Crippen LogP contribution in [0, 0.1) is 0 Å². The molecule has 1 aromatic heterocycles. The molecule has 0 fully saturated rings. The van der Waals surface area contributed by atoms with E-state index in [4.69, 9.17) is 9.73 Å². The Morgan fingerprint density at radius 1 is 1.20 bits per heavy atom. The number of rotatable bonds is 2. The number of aryl methyl sites for hydroxylation is 1. The highest BCUT2D eigenvalue weighted by atomic mass is 16.5. The number of ether oxygens (including phenoxy) is 1. The van der Waals surface area contributed by atoms with Crippen molar-refractivity contribution in [1.29, 1.82) is 0 Å². The second-order valence-corrected chi connectivity index (χ2v) is 6.31. The molecule has 1 aromatic carbocycles. The van der Waals surface area contributed by atoms with Crippen molar-refractivity contribution < 1.29 is 9.53 Å². The number of hydrogen-bond acceptors (Lipinski definition) is 5. The first-order valence-corrected chi connectivity index (χ1v) is 8.32. The van der Waals surface area contributed by atoms with Crippen molar-refractivity contribution >= 4 is 11.8 Å². The topological polar surface area (TPSA) is 63.6 Å². The van der Waals surface area contributed by atoms with Gasteiger partial charge in [-0.05, 0) is 43.0 Å². The van der Waals surface area contributed by atoms with Crippen LogP contribution in [0.2, 0.25) is 0 Å². The highest BCUT2D eigenvalue weighted by Gasteiger charge is 2.48. The van der Waals surface area contributed by atoms with Crippen LogP contribution in [0.4, 0.5) is 0 Å².